The van der Waals surface area contributed by atoms with Crippen molar-refractivity contribution in [1.82, 2.24) is 5.32 Å². The van der Waals surface area contributed by atoms with Crippen LogP contribution in [0.5, 0.6) is 0 Å². The van der Waals surface area contributed by atoms with Crippen LogP contribution in [0.2, 0.25) is 0 Å². The minimum absolute atomic E-state index is 0.254. The summed E-state index contributed by atoms with van der Waals surface area (Å²) >= 11 is 3.43. The highest BCUT2D eigenvalue weighted by Gasteiger charge is 2.07. The second kappa shape index (κ2) is 6.99. The summed E-state index contributed by atoms with van der Waals surface area (Å²) in [6.45, 7) is 3.29. The van der Waals surface area contributed by atoms with Crippen molar-refractivity contribution in [3.8, 4) is 0 Å². The Labute approximate surface area is 99.8 Å². The number of aliphatic hydroxyl groups is 1. The second-order valence-corrected chi connectivity index (χ2v) is 4.46. The lowest BCUT2D eigenvalue weighted by atomic mass is 10.0. The zero-order chi connectivity index (χ0) is 11.1. The molecule has 0 aliphatic heterocycles. The largest absolute Gasteiger partial charge is 0.396 e. The van der Waals surface area contributed by atoms with Crippen LogP contribution in [0.25, 0.3) is 0 Å². The molecule has 2 N–H and O–H groups in total. The third-order valence-electron chi connectivity index (χ3n) is 2.41. The third kappa shape index (κ3) is 4.33. The maximum Gasteiger partial charge on any atom is 0.0443 e. The molecule has 1 aromatic carbocycles. The van der Waals surface area contributed by atoms with E-state index < -0.39 is 0 Å². The van der Waals surface area contributed by atoms with Crippen molar-refractivity contribution in [1.29, 1.82) is 0 Å². The van der Waals surface area contributed by atoms with Crippen LogP contribution < -0.4 is 5.32 Å². The zero-order valence-corrected chi connectivity index (χ0v) is 10.6. The molecule has 0 aliphatic rings. The molecule has 0 aliphatic carbocycles. The van der Waals surface area contributed by atoms with Gasteiger partial charge in [-0.1, -0.05) is 35.0 Å². The number of hydrogen-bond donors (Lipinski definition) is 2. The molecular weight excluding hydrogens is 254 g/mol. The van der Waals surface area contributed by atoms with Gasteiger partial charge in [-0.15, -0.1) is 0 Å². The van der Waals surface area contributed by atoms with E-state index in [9.17, 15) is 0 Å². The number of aliphatic hydroxyl groups excluding tert-OH is 1. The maximum absolute atomic E-state index is 8.71. The van der Waals surface area contributed by atoms with Crippen LogP contribution in [0.15, 0.2) is 28.7 Å². The lowest BCUT2D eigenvalue weighted by Gasteiger charge is -2.17. The number of rotatable bonds is 6. The van der Waals surface area contributed by atoms with Crippen LogP contribution in [0.3, 0.4) is 0 Å². The molecule has 0 bridgehead atoms. The van der Waals surface area contributed by atoms with Gasteiger partial charge in [0.05, 0.1) is 0 Å². The Bertz CT molecular complexity index is 273. The summed E-state index contributed by atoms with van der Waals surface area (Å²) in [4.78, 5) is 0. The molecule has 1 atom stereocenters. The van der Waals surface area contributed by atoms with Gasteiger partial charge in [-0.2, -0.15) is 0 Å². The Morgan fingerprint density at radius 2 is 2.00 bits per heavy atom. The van der Waals surface area contributed by atoms with E-state index in [-0.39, 0.29) is 6.61 Å². The van der Waals surface area contributed by atoms with Gasteiger partial charge in [-0.25, -0.2) is 0 Å². The molecule has 0 radical (unpaired) electrons. The van der Waals surface area contributed by atoms with Gasteiger partial charge < -0.3 is 10.4 Å². The Balaban J connectivity index is 2.53. The molecule has 0 spiro atoms. The molecule has 3 heteroatoms. The average molecular weight is 272 g/mol. The molecule has 2 nitrogen and oxygen atoms in total. The van der Waals surface area contributed by atoms with Gasteiger partial charge in [0.1, 0.15) is 0 Å². The number of benzene rings is 1. The van der Waals surface area contributed by atoms with E-state index in [2.05, 4.69) is 52.4 Å². The highest BCUT2D eigenvalue weighted by atomic mass is 79.9. The fourth-order valence-corrected chi connectivity index (χ4v) is 1.81. The molecule has 0 saturated heterocycles. The van der Waals surface area contributed by atoms with Crippen LogP contribution >= 0.6 is 15.9 Å². The summed E-state index contributed by atoms with van der Waals surface area (Å²) in [7, 11) is 0. The summed E-state index contributed by atoms with van der Waals surface area (Å²) < 4.78 is 1.11. The Kier molecular flexibility index (Phi) is 5.91. The van der Waals surface area contributed by atoms with Crippen molar-refractivity contribution in [2.24, 2.45) is 0 Å². The van der Waals surface area contributed by atoms with E-state index in [0.717, 1.165) is 23.9 Å². The smallest absolute Gasteiger partial charge is 0.0443 e. The standard InChI is InChI=1S/C12H18BrNO/c1-2-12(14-8-3-9-15)10-4-6-11(13)7-5-10/h4-7,12,14-15H,2-3,8-9H2,1H3. The molecule has 1 rings (SSSR count). The molecule has 84 valence electrons. The molecule has 0 amide bonds. The van der Waals surface area contributed by atoms with Crippen molar-refractivity contribution in [2.45, 2.75) is 25.8 Å². The molecule has 0 fully saturated rings. The molecule has 0 aromatic heterocycles. The van der Waals surface area contributed by atoms with Crippen molar-refractivity contribution < 1.29 is 5.11 Å². The van der Waals surface area contributed by atoms with E-state index in [0.29, 0.717) is 6.04 Å². The first-order valence-corrected chi connectivity index (χ1v) is 6.17. The number of nitrogens with one attached hydrogen (secondary N) is 1. The quantitative estimate of drug-likeness (QED) is 0.780. The van der Waals surface area contributed by atoms with E-state index in [1.165, 1.54) is 5.56 Å². The predicted octanol–water partition coefficient (Wildman–Crippen LogP) is 2.87. The molecule has 1 unspecified atom stereocenters. The molecule has 1 aromatic rings. The van der Waals surface area contributed by atoms with Gasteiger partial charge in [0.25, 0.3) is 0 Å². The van der Waals surface area contributed by atoms with Crippen LogP contribution in [0.4, 0.5) is 0 Å². The van der Waals surface area contributed by atoms with Crippen molar-refractivity contribution in [2.75, 3.05) is 13.2 Å². The first-order valence-electron chi connectivity index (χ1n) is 5.37. The highest BCUT2D eigenvalue weighted by Crippen LogP contribution is 2.19. The Morgan fingerprint density at radius 3 is 2.53 bits per heavy atom. The minimum Gasteiger partial charge on any atom is -0.396 e. The number of halogens is 1. The summed E-state index contributed by atoms with van der Waals surface area (Å²) in [5, 5.41) is 12.1. The van der Waals surface area contributed by atoms with E-state index >= 15 is 0 Å². The lowest BCUT2D eigenvalue weighted by Crippen LogP contribution is -2.22. The van der Waals surface area contributed by atoms with Gasteiger partial charge in [-0.05, 0) is 37.1 Å². The van der Waals surface area contributed by atoms with E-state index in [1.54, 1.807) is 0 Å². The SMILES string of the molecule is CCC(NCCCO)c1ccc(Br)cc1. The highest BCUT2D eigenvalue weighted by molar-refractivity contribution is 9.10. The predicted molar refractivity (Wildman–Crippen MR) is 66.9 cm³/mol. The fraction of sp³-hybridized carbons (Fsp3) is 0.500. The van der Waals surface area contributed by atoms with Crippen molar-refractivity contribution >= 4 is 15.9 Å². The van der Waals surface area contributed by atoms with Crippen LogP contribution in [0.1, 0.15) is 31.4 Å². The van der Waals surface area contributed by atoms with Crippen molar-refractivity contribution in [3.05, 3.63) is 34.3 Å². The number of hydrogen-bond acceptors (Lipinski definition) is 2. The van der Waals surface area contributed by atoms with Crippen molar-refractivity contribution in [3.63, 3.8) is 0 Å². The van der Waals surface area contributed by atoms with Crippen LogP contribution in [-0.4, -0.2) is 18.3 Å². The molecular formula is C12H18BrNO. The van der Waals surface area contributed by atoms with Gasteiger partial charge in [0, 0.05) is 17.1 Å². The lowest BCUT2D eigenvalue weighted by molar-refractivity contribution is 0.283. The van der Waals surface area contributed by atoms with Gasteiger partial charge in [-0.3, -0.25) is 0 Å². The van der Waals surface area contributed by atoms with Crippen LogP contribution in [0, 0.1) is 0 Å². The first kappa shape index (κ1) is 12.7. The maximum atomic E-state index is 8.71. The van der Waals surface area contributed by atoms with Gasteiger partial charge in [0.15, 0.2) is 0 Å². The summed E-state index contributed by atoms with van der Waals surface area (Å²) in [6.07, 6.45) is 1.88. The first-order chi connectivity index (χ1) is 7.27. The van der Waals surface area contributed by atoms with Gasteiger partial charge >= 0.3 is 0 Å². The monoisotopic (exact) mass is 271 g/mol. The summed E-state index contributed by atoms with van der Waals surface area (Å²) in [6, 6.07) is 8.77. The summed E-state index contributed by atoms with van der Waals surface area (Å²) in [5.74, 6) is 0. The topological polar surface area (TPSA) is 32.3 Å². The Hall–Kier alpha value is -0.380. The zero-order valence-electron chi connectivity index (χ0n) is 9.04. The normalized spacial score (nSPS) is 12.7. The molecule has 0 saturated carbocycles. The summed E-state index contributed by atoms with van der Waals surface area (Å²) in [5.41, 5.74) is 1.30. The van der Waals surface area contributed by atoms with Gasteiger partial charge in [0.2, 0.25) is 0 Å². The molecule has 15 heavy (non-hydrogen) atoms. The third-order valence-corrected chi connectivity index (χ3v) is 2.93. The average Bonchev–Trinajstić information content (AvgIpc) is 2.26. The van der Waals surface area contributed by atoms with E-state index in [4.69, 9.17) is 5.11 Å². The Morgan fingerprint density at radius 1 is 1.33 bits per heavy atom. The molecule has 0 heterocycles. The van der Waals surface area contributed by atoms with Crippen LogP contribution in [-0.2, 0) is 0 Å². The fourth-order valence-electron chi connectivity index (χ4n) is 1.55. The minimum atomic E-state index is 0.254. The second-order valence-electron chi connectivity index (χ2n) is 3.54. The van der Waals surface area contributed by atoms with E-state index in [1.807, 2.05) is 0 Å².